The van der Waals surface area contributed by atoms with Crippen LogP contribution in [0.1, 0.15) is 65.9 Å². The summed E-state index contributed by atoms with van der Waals surface area (Å²) in [6.45, 7) is 12.9. The first kappa shape index (κ1) is 16.1. The third kappa shape index (κ3) is 3.50. The molecule has 0 nitrogen and oxygen atoms in total. The van der Waals surface area contributed by atoms with Gasteiger partial charge in [0.25, 0.3) is 0 Å². The number of hydrogen-bond acceptors (Lipinski definition) is 1. The van der Waals surface area contributed by atoms with Crippen molar-refractivity contribution in [2.75, 3.05) is 0 Å². The molecule has 0 atom stereocenters. The van der Waals surface area contributed by atoms with Gasteiger partial charge in [-0.05, 0) is 39.4 Å². The van der Waals surface area contributed by atoms with E-state index in [4.69, 9.17) is 0 Å². The summed E-state index contributed by atoms with van der Waals surface area (Å²) in [4.78, 5) is 0. The van der Waals surface area contributed by atoms with Crippen LogP contribution >= 0.6 is 11.3 Å². The zero-order valence-electron chi connectivity index (χ0n) is 14.1. The summed E-state index contributed by atoms with van der Waals surface area (Å²) in [5.41, 5.74) is 2.54. The summed E-state index contributed by atoms with van der Waals surface area (Å²) in [6.07, 6.45) is 9.49. The standard InChI is InChI=1S/C18H31BS/c1-6-7-8-9-10-15-11-16(20-12-15)19-13-17(2,3)18(4,5)14-19/h11-12H,6-10,13-14H2,1-5H3. The fourth-order valence-corrected chi connectivity index (χ4v) is 4.61. The maximum atomic E-state index is 2.51. The molecule has 0 bridgehead atoms. The molecule has 0 saturated carbocycles. The van der Waals surface area contributed by atoms with Crippen molar-refractivity contribution in [1.82, 2.24) is 0 Å². The smallest absolute Gasteiger partial charge is 0.159 e. The molecule has 0 N–H and O–H groups in total. The number of rotatable bonds is 6. The van der Waals surface area contributed by atoms with E-state index in [1.165, 1.54) is 44.7 Å². The zero-order chi connectivity index (χ0) is 14.8. The summed E-state index contributed by atoms with van der Waals surface area (Å²) in [5.74, 6) is 0. The maximum absolute atomic E-state index is 2.51. The second kappa shape index (κ2) is 6.26. The fraction of sp³-hybridized carbons (Fsp3) is 0.778. The van der Waals surface area contributed by atoms with E-state index < -0.39 is 0 Å². The van der Waals surface area contributed by atoms with Crippen molar-refractivity contribution < 1.29 is 0 Å². The minimum Gasteiger partial charge on any atom is -0.159 e. The van der Waals surface area contributed by atoms with Crippen LogP contribution < -0.4 is 4.78 Å². The summed E-state index contributed by atoms with van der Waals surface area (Å²) in [7, 11) is 0. The van der Waals surface area contributed by atoms with Crippen molar-refractivity contribution in [3.05, 3.63) is 17.0 Å². The number of unbranched alkanes of at least 4 members (excludes halogenated alkanes) is 3. The van der Waals surface area contributed by atoms with Crippen LogP contribution in [-0.4, -0.2) is 6.71 Å². The van der Waals surface area contributed by atoms with Gasteiger partial charge in [0.05, 0.1) is 0 Å². The van der Waals surface area contributed by atoms with Gasteiger partial charge in [0.1, 0.15) is 0 Å². The molecule has 2 rings (SSSR count). The van der Waals surface area contributed by atoms with Crippen LogP contribution in [0, 0.1) is 10.8 Å². The van der Waals surface area contributed by atoms with Crippen LogP contribution in [0.15, 0.2) is 11.4 Å². The Morgan fingerprint density at radius 3 is 2.30 bits per heavy atom. The largest absolute Gasteiger partial charge is 0.190 e. The van der Waals surface area contributed by atoms with E-state index in [2.05, 4.69) is 46.1 Å². The molecule has 0 aromatic carbocycles. The van der Waals surface area contributed by atoms with Gasteiger partial charge in [-0.25, -0.2) is 0 Å². The van der Waals surface area contributed by atoms with Crippen LogP contribution in [0.25, 0.3) is 0 Å². The van der Waals surface area contributed by atoms with Gasteiger partial charge in [-0.2, -0.15) is 11.3 Å². The first-order chi connectivity index (χ1) is 9.36. The van der Waals surface area contributed by atoms with Gasteiger partial charge < -0.3 is 0 Å². The third-order valence-electron chi connectivity index (χ3n) is 5.74. The second-order valence-corrected chi connectivity index (χ2v) is 8.98. The third-order valence-corrected chi connectivity index (χ3v) is 6.88. The lowest BCUT2D eigenvalue weighted by molar-refractivity contribution is 0.177. The normalized spacial score (nSPS) is 20.6. The molecular formula is C18H31BS. The summed E-state index contributed by atoms with van der Waals surface area (Å²) in [6, 6.07) is 2.51. The lowest BCUT2D eigenvalue weighted by Crippen LogP contribution is -2.24. The lowest BCUT2D eigenvalue weighted by atomic mass is 9.45. The van der Waals surface area contributed by atoms with Gasteiger partial charge in [0.15, 0.2) is 6.71 Å². The highest BCUT2D eigenvalue weighted by Crippen LogP contribution is 2.52. The van der Waals surface area contributed by atoms with Crippen LogP contribution in [0.5, 0.6) is 0 Å². The molecule has 20 heavy (non-hydrogen) atoms. The molecule has 1 aliphatic rings. The first-order valence-electron chi connectivity index (χ1n) is 8.43. The van der Waals surface area contributed by atoms with Crippen molar-refractivity contribution in [2.24, 2.45) is 10.8 Å². The predicted molar refractivity (Wildman–Crippen MR) is 94.7 cm³/mol. The molecule has 0 unspecified atom stereocenters. The van der Waals surface area contributed by atoms with Gasteiger partial charge in [-0.1, -0.05) is 72.6 Å². The molecule has 0 amide bonds. The minimum atomic E-state index is 0.475. The van der Waals surface area contributed by atoms with E-state index in [1.54, 1.807) is 10.3 Å². The molecule has 1 saturated heterocycles. The van der Waals surface area contributed by atoms with Crippen molar-refractivity contribution >= 4 is 22.8 Å². The highest BCUT2D eigenvalue weighted by atomic mass is 32.1. The van der Waals surface area contributed by atoms with Crippen molar-refractivity contribution in [1.29, 1.82) is 0 Å². The van der Waals surface area contributed by atoms with E-state index in [-0.39, 0.29) is 0 Å². The second-order valence-electron chi connectivity index (χ2n) is 8.04. The Morgan fingerprint density at radius 2 is 1.70 bits per heavy atom. The van der Waals surface area contributed by atoms with Gasteiger partial charge >= 0.3 is 0 Å². The lowest BCUT2D eigenvalue weighted by Gasteiger charge is -2.35. The quantitative estimate of drug-likeness (QED) is 0.470. The van der Waals surface area contributed by atoms with E-state index >= 15 is 0 Å². The number of hydrogen-bond donors (Lipinski definition) is 0. The van der Waals surface area contributed by atoms with Gasteiger partial charge in [-0.3, -0.25) is 0 Å². The summed E-state index contributed by atoms with van der Waals surface area (Å²) < 4.78 is 1.65. The van der Waals surface area contributed by atoms with Crippen molar-refractivity contribution in [3.63, 3.8) is 0 Å². The first-order valence-corrected chi connectivity index (χ1v) is 9.31. The van der Waals surface area contributed by atoms with Gasteiger partial charge in [0.2, 0.25) is 0 Å². The van der Waals surface area contributed by atoms with E-state index in [9.17, 15) is 0 Å². The number of thiophene rings is 1. The van der Waals surface area contributed by atoms with Crippen LogP contribution in [0.3, 0.4) is 0 Å². The molecule has 2 heteroatoms. The summed E-state index contributed by atoms with van der Waals surface area (Å²) >= 11 is 2.01. The highest BCUT2D eigenvalue weighted by Gasteiger charge is 2.48. The van der Waals surface area contributed by atoms with E-state index in [0.29, 0.717) is 10.8 Å². The Morgan fingerprint density at radius 1 is 1.05 bits per heavy atom. The van der Waals surface area contributed by atoms with Gasteiger partial charge in [-0.15, -0.1) is 0 Å². The minimum absolute atomic E-state index is 0.475. The van der Waals surface area contributed by atoms with Crippen molar-refractivity contribution in [2.45, 2.75) is 79.4 Å². The Labute approximate surface area is 130 Å². The van der Waals surface area contributed by atoms with E-state index in [0.717, 1.165) is 6.71 Å². The van der Waals surface area contributed by atoms with Crippen molar-refractivity contribution in [3.8, 4) is 0 Å². The molecule has 1 aromatic heterocycles. The van der Waals surface area contributed by atoms with Crippen LogP contribution in [-0.2, 0) is 6.42 Å². The maximum Gasteiger partial charge on any atom is 0.190 e. The molecule has 1 aromatic rings. The molecular weight excluding hydrogens is 259 g/mol. The fourth-order valence-electron chi connectivity index (χ4n) is 3.55. The number of aryl methyl sites for hydroxylation is 1. The SMILES string of the molecule is CCCCCCc1csc(B2CC(C)(C)C(C)(C)C2)c1. The Balaban J connectivity index is 1.93. The average Bonchev–Trinajstić information content (AvgIpc) is 2.89. The molecule has 2 heterocycles. The molecule has 1 aliphatic heterocycles. The molecule has 0 radical (unpaired) electrons. The average molecular weight is 290 g/mol. The Hall–Kier alpha value is -0.235. The Kier molecular flexibility index (Phi) is 5.05. The molecule has 0 aliphatic carbocycles. The Bertz CT molecular complexity index is 414. The monoisotopic (exact) mass is 290 g/mol. The van der Waals surface area contributed by atoms with Gasteiger partial charge in [0, 0.05) is 0 Å². The predicted octanol–water partition coefficient (Wildman–Crippen LogP) is 5.64. The molecule has 1 fully saturated rings. The van der Waals surface area contributed by atoms with Crippen LogP contribution in [0.2, 0.25) is 12.6 Å². The van der Waals surface area contributed by atoms with E-state index in [1.807, 2.05) is 11.3 Å². The summed E-state index contributed by atoms with van der Waals surface area (Å²) in [5, 5.41) is 2.42. The molecule has 112 valence electrons. The molecule has 0 spiro atoms. The highest BCUT2D eigenvalue weighted by molar-refractivity contribution is 7.22. The topological polar surface area (TPSA) is 0 Å². The zero-order valence-corrected chi connectivity index (χ0v) is 14.9. The van der Waals surface area contributed by atoms with Crippen LogP contribution in [0.4, 0.5) is 0 Å².